The second-order valence-electron chi connectivity index (χ2n) is 7.59. The zero-order valence-electron chi connectivity index (χ0n) is 17.5. The third kappa shape index (κ3) is 4.35. The number of para-hydroxylation sites is 2. The van der Waals surface area contributed by atoms with E-state index in [1.807, 2.05) is 42.5 Å². The van der Waals surface area contributed by atoms with E-state index in [0.717, 1.165) is 48.4 Å². The molecular formula is C23H28N4O3. The Morgan fingerprint density at radius 3 is 2.83 bits per heavy atom. The van der Waals surface area contributed by atoms with Crippen LogP contribution in [0.15, 0.2) is 42.5 Å². The molecule has 1 aliphatic rings. The Kier molecular flexibility index (Phi) is 6.07. The molecular weight excluding hydrogens is 380 g/mol. The first-order valence-electron chi connectivity index (χ1n) is 10.4. The average molecular weight is 409 g/mol. The average Bonchev–Trinajstić information content (AvgIpc) is 3.23. The molecule has 0 radical (unpaired) electrons. The number of aromatic nitrogens is 2. The van der Waals surface area contributed by atoms with Gasteiger partial charge in [0.2, 0.25) is 11.9 Å². The number of carbonyl (C=O) groups is 1. The van der Waals surface area contributed by atoms with Crippen LogP contribution in [0, 0.1) is 5.92 Å². The summed E-state index contributed by atoms with van der Waals surface area (Å²) in [6.45, 7) is 2.19. The molecule has 2 heterocycles. The Morgan fingerprint density at radius 2 is 2.03 bits per heavy atom. The first-order valence-corrected chi connectivity index (χ1v) is 10.4. The zero-order chi connectivity index (χ0) is 20.9. The summed E-state index contributed by atoms with van der Waals surface area (Å²) in [4.78, 5) is 23.0. The fraction of sp³-hybridized carbons (Fsp3) is 0.391. The van der Waals surface area contributed by atoms with Crippen molar-refractivity contribution in [3.8, 4) is 11.5 Å². The molecule has 0 spiro atoms. The summed E-state index contributed by atoms with van der Waals surface area (Å²) >= 11 is 0. The minimum absolute atomic E-state index is 0.0302. The van der Waals surface area contributed by atoms with Gasteiger partial charge in [0.15, 0.2) is 11.5 Å². The summed E-state index contributed by atoms with van der Waals surface area (Å²) in [6, 6.07) is 13.8. The highest BCUT2D eigenvalue weighted by molar-refractivity contribution is 5.80. The normalized spacial score (nSPS) is 16.5. The van der Waals surface area contributed by atoms with Crippen molar-refractivity contribution >= 4 is 22.9 Å². The smallest absolute Gasteiger partial charge is 0.224 e. The quantitative estimate of drug-likeness (QED) is 0.628. The summed E-state index contributed by atoms with van der Waals surface area (Å²) < 4.78 is 10.6. The molecule has 4 rings (SSSR count). The summed E-state index contributed by atoms with van der Waals surface area (Å²) in [5, 5.41) is 3.10. The van der Waals surface area contributed by atoms with Crippen LogP contribution < -0.4 is 19.7 Å². The molecule has 3 aromatic rings. The van der Waals surface area contributed by atoms with Gasteiger partial charge in [0.05, 0.1) is 31.2 Å². The van der Waals surface area contributed by atoms with Gasteiger partial charge in [-0.3, -0.25) is 4.79 Å². The Hall–Kier alpha value is -3.22. The lowest BCUT2D eigenvalue weighted by molar-refractivity contribution is -0.125. The predicted molar refractivity (Wildman–Crippen MR) is 117 cm³/mol. The Morgan fingerprint density at radius 1 is 1.20 bits per heavy atom. The summed E-state index contributed by atoms with van der Waals surface area (Å²) in [7, 11) is 3.25. The van der Waals surface area contributed by atoms with E-state index in [0.29, 0.717) is 24.6 Å². The van der Waals surface area contributed by atoms with E-state index >= 15 is 0 Å². The highest BCUT2D eigenvalue weighted by atomic mass is 16.5. The first kappa shape index (κ1) is 20.1. The number of nitrogens with zero attached hydrogens (tertiary/aromatic N) is 2. The molecule has 1 saturated heterocycles. The van der Waals surface area contributed by atoms with Crippen LogP contribution in [-0.2, 0) is 11.2 Å². The number of rotatable bonds is 7. The fourth-order valence-electron chi connectivity index (χ4n) is 3.98. The van der Waals surface area contributed by atoms with Gasteiger partial charge in [-0.05, 0) is 49.1 Å². The van der Waals surface area contributed by atoms with Crippen LogP contribution in [0.4, 0.5) is 5.95 Å². The lowest BCUT2D eigenvalue weighted by atomic mass is 9.97. The van der Waals surface area contributed by atoms with Crippen molar-refractivity contribution in [2.45, 2.75) is 19.3 Å². The predicted octanol–water partition coefficient (Wildman–Crippen LogP) is 3.16. The number of benzene rings is 2. The monoisotopic (exact) mass is 408 g/mol. The van der Waals surface area contributed by atoms with Crippen molar-refractivity contribution in [2.75, 3.05) is 38.8 Å². The number of methoxy groups -OCH3 is 2. The number of anilines is 1. The van der Waals surface area contributed by atoms with E-state index in [1.165, 1.54) is 0 Å². The number of H-pyrrole nitrogens is 1. The van der Waals surface area contributed by atoms with Crippen LogP contribution in [0.3, 0.4) is 0 Å². The number of imidazole rings is 1. The highest BCUT2D eigenvalue weighted by Gasteiger charge is 2.27. The van der Waals surface area contributed by atoms with Crippen molar-refractivity contribution in [1.82, 2.24) is 15.3 Å². The van der Waals surface area contributed by atoms with Gasteiger partial charge in [-0.1, -0.05) is 18.2 Å². The summed E-state index contributed by atoms with van der Waals surface area (Å²) in [5.74, 6) is 2.33. The van der Waals surface area contributed by atoms with Crippen LogP contribution in [0.5, 0.6) is 11.5 Å². The fourth-order valence-corrected chi connectivity index (χ4v) is 3.98. The van der Waals surface area contributed by atoms with Gasteiger partial charge in [-0.2, -0.15) is 0 Å². The molecule has 2 aromatic carbocycles. The van der Waals surface area contributed by atoms with Crippen LogP contribution in [0.25, 0.3) is 11.0 Å². The van der Waals surface area contributed by atoms with Gasteiger partial charge in [0.1, 0.15) is 0 Å². The number of carbonyl (C=O) groups excluding carboxylic acids is 1. The van der Waals surface area contributed by atoms with E-state index in [1.54, 1.807) is 14.2 Å². The first-order chi connectivity index (χ1) is 14.7. The molecule has 0 aliphatic carbocycles. The van der Waals surface area contributed by atoms with Crippen LogP contribution in [-0.4, -0.2) is 49.7 Å². The van der Waals surface area contributed by atoms with Gasteiger partial charge in [-0.15, -0.1) is 0 Å². The minimum atomic E-state index is -0.0302. The molecule has 0 saturated carbocycles. The summed E-state index contributed by atoms with van der Waals surface area (Å²) in [5.41, 5.74) is 3.07. The third-order valence-corrected chi connectivity index (χ3v) is 5.63. The van der Waals surface area contributed by atoms with Crippen LogP contribution in [0.1, 0.15) is 18.4 Å². The Labute approximate surface area is 176 Å². The number of aromatic amines is 1. The number of amides is 1. The second-order valence-corrected chi connectivity index (χ2v) is 7.59. The molecule has 0 bridgehead atoms. The minimum Gasteiger partial charge on any atom is -0.493 e. The lowest BCUT2D eigenvalue weighted by Gasteiger charge is -2.31. The number of ether oxygens (including phenoxy) is 2. The lowest BCUT2D eigenvalue weighted by Crippen LogP contribution is -2.43. The number of hydrogen-bond donors (Lipinski definition) is 2. The topological polar surface area (TPSA) is 79.5 Å². The second kappa shape index (κ2) is 9.07. The molecule has 158 valence electrons. The maximum Gasteiger partial charge on any atom is 0.224 e. The van der Waals surface area contributed by atoms with Gasteiger partial charge in [0, 0.05) is 19.6 Å². The zero-order valence-corrected chi connectivity index (χ0v) is 17.5. The molecule has 1 atom stereocenters. The molecule has 2 N–H and O–H groups in total. The van der Waals surface area contributed by atoms with Gasteiger partial charge in [0.25, 0.3) is 0 Å². The largest absolute Gasteiger partial charge is 0.493 e. The molecule has 1 amide bonds. The molecule has 7 nitrogen and oxygen atoms in total. The SMILES string of the molecule is COc1ccc(CCNC(=O)[C@H]2CCCN(c3nc4ccccc4[nH]3)C2)cc1OC. The van der Waals surface area contributed by atoms with Gasteiger partial charge >= 0.3 is 0 Å². The third-order valence-electron chi connectivity index (χ3n) is 5.63. The van der Waals surface area contributed by atoms with E-state index < -0.39 is 0 Å². The van der Waals surface area contributed by atoms with E-state index in [4.69, 9.17) is 9.47 Å². The van der Waals surface area contributed by atoms with Crippen LogP contribution >= 0.6 is 0 Å². The highest BCUT2D eigenvalue weighted by Crippen LogP contribution is 2.28. The Bertz CT molecular complexity index is 984. The molecule has 30 heavy (non-hydrogen) atoms. The number of fused-ring (bicyclic) bond motifs is 1. The van der Waals surface area contributed by atoms with Crippen molar-refractivity contribution in [3.05, 3.63) is 48.0 Å². The van der Waals surface area contributed by atoms with Gasteiger partial charge in [-0.25, -0.2) is 4.98 Å². The van der Waals surface area contributed by atoms with E-state index in [9.17, 15) is 4.79 Å². The molecule has 1 aromatic heterocycles. The molecule has 7 heteroatoms. The number of piperidine rings is 1. The van der Waals surface area contributed by atoms with Crippen molar-refractivity contribution in [1.29, 1.82) is 0 Å². The van der Waals surface area contributed by atoms with Crippen LogP contribution in [0.2, 0.25) is 0 Å². The van der Waals surface area contributed by atoms with Gasteiger partial charge < -0.3 is 24.7 Å². The van der Waals surface area contributed by atoms with E-state index in [2.05, 4.69) is 20.2 Å². The maximum absolute atomic E-state index is 12.7. The number of hydrogen-bond acceptors (Lipinski definition) is 5. The maximum atomic E-state index is 12.7. The van der Waals surface area contributed by atoms with Crippen molar-refractivity contribution in [3.63, 3.8) is 0 Å². The molecule has 1 fully saturated rings. The summed E-state index contributed by atoms with van der Waals surface area (Å²) in [6.07, 6.45) is 2.62. The van der Waals surface area contributed by atoms with E-state index in [-0.39, 0.29) is 11.8 Å². The number of nitrogens with one attached hydrogen (secondary N) is 2. The molecule has 0 unspecified atom stereocenters. The Balaban J connectivity index is 1.32. The molecule has 1 aliphatic heterocycles. The standard InChI is InChI=1S/C23H28N4O3/c1-29-20-10-9-16(14-21(20)30-2)11-12-24-22(28)17-6-5-13-27(15-17)23-25-18-7-3-4-8-19(18)26-23/h3-4,7-10,14,17H,5-6,11-13,15H2,1-2H3,(H,24,28)(H,25,26)/t17-/m0/s1. The van der Waals surface area contributed by atoms with Crippen molar-refractivity contribution in [2.24, 2.45) is 5.92 Å². The van der Waals surface area contributed by atoms with Crippen molar-refractivity contribution < 1.29 is 14.3 Å².